The van der Waals surface area contributed by atoms with Gasteiger partial charge in [0.1, 0.15) is 11.2 Å². The van der Waals surface area contributed by atoms with Crippen molar-refractivity contribution in [2.75, 3.05) is 4.90 Å². The zero-order valence-corrected chi connectivity index (χ0v) is 28.4. The first-order valence-electron chi connectivity index (χ1n) is 17.8. The van der Waals surface area contributed by atoms with Crippen molar-refractivity contribution in [1.29, 1.82) is 0 Å². The van der Waals surface area contributed by atoms with Crippen LogP contribution in [0.15, 0.2) is 205 Å². The summed E-state index contributed by atoms with van der Waals surface area (Å²) in [5, 5.41) is 7.02. The topological polar surface area (TPSA) is 16.4 Å². The van der Waals surface area contributed by atoms with Gasteiger partial charge in [-0.15, -0.1) is 0 Å². The molecule has 0 atom stereocenters. The Morgan fingerprint density at radius 1 is 0.308 bits per heavy atom. The standard InChI is InChI=1S/C50H33NO/c1-3-11-34(12-4-1)37-21-25-42(26-22-37)51(43-27-23-38(24-28-43)35-13-5-2-6-14-35)44-29-30-48-46(33-44)47-32-40-17-9-10-18-45(40)49(50(47)52-48)41-20-19-36-15-7-8-16-39(36)31-41/h1-33H. The van der Waals surface area contributed by atoms with E-state index in [0.29, 0.717) is 0 Å². The third-order valence-electron chi connectivity index (χ3n) is 10.2. The summed E-state index contributed by atoms with van der Waals surface area (Å²) in [7, 11) is 0. The van der Waals surface area contributed by atoms with E-state index in [1.165, 1.54) is 43.8 Å². The monoisotopic (exact) mass is 663 g/mol. The van der Waals surface area contributed by atoms with E-state index in [2.05, 4.69) is 205 Å². The summed E-state index contributed by atoms with van der Waals surface area (Å²) in [4.78, 5) is 2.34. The summed E-state index contributed by atoms with van der Waals surface area (Å²) < 4.78 is 6.82. The van der Waals surface area contributed by atoms with Crippen molar-refractivity contribution >= 4 is 60.5 Å². The molecular weight excluding hydrogens is 631 g/mol. The Morgan fingerprint density at radius 3 is 1.48 bits per heavy atom. The number of rotatable bonds is 6. The van der Waals surface area contributed by atoms with Crippen molar-refractivity contribution in [3.05, 3.63) is 200 Å². The quantitative estimate of drug-likeness (QED) is 0.176. The molecule has 2 heteroatoms. The minimum absolute atomic E-state index is 0.870. The van der Waals surface area contributed by atoms with Crippen molar-refractivity contribution in [2.45, 2.75) is 0 Å². The zero-order valence-electron chi connectivity index (χ0n) is 28.4. The fraction of sp³-hybridized carbons (Fsp3) is 0. The van der Waals surface area contributed by atoms with Gasteiger partial charge >= 0.3 is 0 Å². The zero-order chi connectivity index (χ0) is 34.4. The molecular formula is C50H33NO. The lowest BCUT2D eigenvalue weighted by atomic mass is 9.93. The van der Waals surface area contributed by atoms with Crippen LogP contribution in [0.25, 0.3) is 76.9 Å². The van der Waals surface area contributed by atoms with Crippen LogP contribution in [-0.2, 0) is 0 Å². The molecule has 0 fully saturated rings. The lowest BCUT2D eigenvalue weighted by Crippen LogP contribution is -2.09. The van der Waals surface area contributed by atoms with Gasteiger partial charge in [0, 0.05) is 33.4 Å². The van der Waals surface area contributed by atoms with Crippen LogP contribution >= 0.6 is 0 Å². The van der Waals surface area contributed by atoms with Crippen LogP contribution in [0.4, 0.5) is 17.1 Å². The van der Waals surface area contributed by atoms with E-state index in [4.69, 9.17) is 4.42 Å². The second-order valence-corrected chi connectivity index (χ2v) is 13.4. The molecule has 0 saturated heterocycles. The molecule has 0 aliphatic heterocycles. The molecule has 0 saturated carbocycles. The number of anilines is 3. The molecule has 0 amide bonds. The Bertz CT molecular complexity index is 2790. The Hall–Kier alpha value is -6.90. The summed E-state index contributed by atoms with van der Waals surface area (Å²) >= 11 is 0. The summed E-state index contributed by atoms with van der Waals surface area (Å²) in [6.07, 6.45) is 0. The highest BCUT2D eigenvalue weighted by Crippen LogP contribution is 2.44. The number of fused-ring (bicyclic) bond motifs is 5. The van der Waals surface area contributed by atoms with E-state index in [1.54, 1.807) is 0 Å². The van der Waals surface area contributed by atoms with Gasteiger partial charge in [-0.05, 0) is 104 Å². The highest BCUT2D eigenvalue weighted by molar-refractivity contribution is 6.19. The second kappa shape index (κ2) is 12.5. The average molecular weight is 664 g/mol. The molecule has 10 aromatic rings. The number of hydrogen-bond acceptors (Lipinski definition) is 2. The highest BCUT2D eigenvalue weighted by Gasteiger charge is 2.20. The van der Waals surface area contributed by atoms with Crippen LogP contribution < -0.4 is 4.90 Å². The lowest BCUT2D eigenvalue weighted by Gasteiger charge is -2.26. The van der Waals surface area contributed by atoms with Gasteiger partial charge < -0.3 is 9.32 Å². The van der Waals surface area contributed by atoms with E-state index in [9.17, 15) is 0 Å². The molecule has 0 unspecified atom stereocenters. The van der Waals surface area contributed by atoms with Crippen LogP contribution in [0.5, 0.6) is 0 Å². The number of furan rings is 1. The van der Waals surface area contributed by atoms with Gasteiger partial charge in [0.25, 0.3) is 0 Å². The Kier molecular flexibility index (Phi) is 7.18. The summed E-state index contributed by atoms with van der Waals surface area (Å²) in [5.41, 5.74) is 12.1. The summed E-state index contributed by atoms with van der Waals surface area (Å²) in [6, 6.07) is 71.6. The van der Waals surface area contributed by atoms with Gasteiger partial charge in [0.2, 0.25) is 0 Å². The maximum atomic E-state index is 6.82. The second-order valence-electron chi connectivity index (χ2n) is 13.4. The molecule has 0 N–H and O–H groups in total. The fourth-order valence-electron chi connectivity index (χ4n) is 7.65. The molecule has 0 spiro atoms. The van der Waals surface area contributed by atoms with Crippen LogP contribution in [0, 0.1) is 0 Å². The normalized spacial score (nSPS) is 11.5. The molecule has 0 aliphatic carbocycles. The van der Waals surface area contributed by atoms with E-state index in [0.717, 1.165) is 50.1 Å². The van der Waals surface area contributed by atoms with Gasteiger partial charge in [0.15, 0.2) is 0 Å². The number of hydrogen-bond donors (Lipinski definition) is 0. The van der Waals surface area contributed by atoms with Crippen LogP contribution in [0.3, 0.4) is 0 Å². The highest BCUT2D eigenvalue weighted by atomic mass is 16.3. The van der Waals surface area contributed by atoms with E-state index in [-0.39, 0.29) is 0 Å². The molecule has 1 heterocycles. The molecule has 10 rings (SSSR count). The predicted molar refractivity (Wildman–Crippen MR) is 220 cm³/mol. The van der Waals surface area contributed by atoms with Crippen LogP contribution in [-0.4, -0.2) is 0 Å². The molecule has 0 radical (unpaired) electrons. The summed E-state index contributed by atoms with van der Waals surface area (Å²) in [6.45, 7) is 0. The fourth-order valence-corrected chi connectivity index (χ4v) is 7.65. The predicted octanol–water partition coefficient (Wildman–Crippen LogP) is 14.4. The molecule has 244 valence electrons. The third-order valence-corrected chi connectivity index (χ3v) is 10.2. The lowest BCUT2D eigenvalue weighted by molar-refractivity contribution is 0.670. The maximum absolute atomic E-state index is 6.82. The first-order chi connectivity index (χ1) is 25.8. The van der Waals surface area contributed by atoms with Gasteiger partial charge in [-0.25, -0.2) is 0 Å². The third kappa shape index (κ3) is 5.21. The molecule has 0 bridgehead atoms. The van der Waals surface area contributed by atoms with Crippen molar-refractivity contribution in [3.63, 3.8) is 0 Å². The Balaban J connectivity index is 1.15. The first-order valence-corrected chi connectivity index (χ1v) is 17.8. The van der Waals surface area contributed by atoms with E-state index < -0.39 is 0 Å². The van der Waals surface area contributed by atoms with E-state index in [1.807, 2.05) is 0 Å². The average Bonchev–Trinajstić information content (AvgIpc) is 3.58. The van der Waals surface area contributed by atoms with E-state index >= 15 is 0 Å². The molecule has 1 aromatic heterocycles. The minimum atomic E-state index is 0.870. The Morgan fingerprint density at radius 2 is 0.827 bits per heavy atom. The minimum Gasteiger partial charge on any atom is -0.455 e. The number of benzene rings is 9. The molecule has 2 nitrogen and oxygen atoms in total. The van der Waals surface area contributed by atoms with Crippen molar-refractivity contribution < 1.29 is 4.42 Å². The van der Waals surface area contributed by atoms with Crippen LogP contribution in [0.1, 0.15) is 0 Å². The number of nitrogens with zero attached hydrogens (tertiary/aromatic N) is 1. The molecule has 52 heavy (non-hydrogen) atoms. The van der Waals surface area contributed by atoms with Gasteiger partial charge in [-0.2, -0.15) is 0 Å². The largest absolute Gasteiger partial charge is 0.455 e. The first kappa shape index (κ1) is 30.0. The smallest absolute Gasteiger partial charge is 0.143 e. The summed E-state index contributed by atoms with van der Waals surface area (Å²) in [5.74, 6) is 0. The van der Waals surface area contributed by atoms with Gasteiger partial charge in [-0.3, -0.25) is 0 Å². The van der Waals surface area contributed by atoms with Crippen LogP contribution in [0.2, 0.25) is 0 Å². The Labute approximate surface area is 302 Å². The van der Waals surface area contributed by atoms with Crippen molar-refractivity contribution in [3.8, 4) is 33.4 Å². The van der Waals surface area contributed by atoms with Gasteiger partial charge in [0.05, 0.1) is 0 Å². The molecule has 0 aliphatic rings. The maximum Gasteiger partial charge on any atom is 0.143 e. The van der Waals surface area contributed by atoms with Crippen molar-refractivity contribution in [2.24, 2.45) is 0 Å². The van der Waals surface area contributed by atoms with Crippen molar-refractivity contribution in [1.82, 2.24) is 0 Å². The van der Waals surface area contributed by atoms with Gasteiger partial charge in [-0.1, -0.05) is 146 Å². The SMILES string of the molecule is c1ccc(-c2ccc(N(c3ccc(-c4ccccc4)cc3)c3ccc4oc5c(-c6ccc7ccccc7c6)c6ccccc6cc5c4c3)cc2)cc1. The molecule has 9 aromatic carbocycles.